The summed E-state index contributed by atoms with van der Waals surface area (Å²) in [6, 6.07) is 4.80. The highest BCUT2D eigenvalue weighted by molar-refractivity contribution is 7.99. The maximum absolute atomic E-state index is 13.5. The summed E-state index contributed by atoms with van der Waals surface area (Å²) in [6.07, 6.45) is 2.99. The van der Waals surface area contributed by atoms with Crippen molar-refractivity contribution in [2.75, 3.05) is 0 Å². The van der Waals surface area contributed by atoms with Crippen LogP contribution in [0.15, 0.2) is 46.5 Å². The van der Waals surface area contributed by atoms with Gasteiger partial charge in [0, 0.05) is 17.3 Å². The molecule has 0 bridgehead atoms. The van der Waals surface area contributed by atoms with Gasteiger partial charge in [0.25, 0.3) is 5.69 Å². The van der Waals surface area contributed by atoms with Gasteiger partial charge in [0.2, 0.25) is 0 Å². The zero-order valence-corrected chi connectivity index (χ0v) is 10.6. The molecule has 6 nitrogen and oxygen atoms in total. The topological polar surface area (TPSA) is 93.3 Å². The molecule has 1 heterocycles. The maximum atomic E-state index is 13.5. The van der Waals surface area contributed by atoms with Gasteiger partial charge in [-0.1, -0.05) is 11.8 Å². The fourth-order valence-corrected chi connectivity index (χ4v) is 2.39. The van der Waals surface area contributed by atoms with Crippen molar-refractivity contribution in [1.82, 2.24) is 4.98 Å². The Kier molecular flexibility index (Phi) is 3.94. The second kappa shape index (κ2) is 5.66. The number of hydrogen-bond acceptors (Lipinski definition) is 5. The predicted octanol–water partition coefficient (Wildman–Crippen LogP) is 2.98. The molecule has 2 rings (SSSR count). The largest absolute Gasteiger partial charge is 0.478 e. The number of nitro benzene ring substituents is 1. The number of nitrogens with zero attached hydrogens (tertiary/aromatic N) is 2. The van der Waals surface area contributed by atoms with Crippen LogP contribution in [0.25, 0.3) is 0 Å². The SMILES string of the molecule is O=C(O)c1cc(Sc2ccncc2)c([N+](=O)[O-])cc1F. The molecule has 0 fully saturated rings. The number of hydrogen-bond donors (Lipinski definition) is 1. The van der Waals surface area contributed by atoms with Crippen molar-refractivity contribution >= 4 is 23.4 Å². The molecule has 20 heavy (non-hydrogen) atoms. The molecule has 0 amide bonds. The number of aromatic nitrogens is 1. The van der Waals surface area contributed by atoms with Crippen molar-refractivity contribution in [3.63, 3.8) is 0 Å². The first-order valence-electron chi connectivity index (χ1n) is 5.28. The second-order valence-electron chi connectivity index (χ2n) is 3.65. The van der Waals surface area contributed by atoms with Crippen LogP contribution in [-0.2, 0) is 0 Å². The molecule has 0 aliphatic carbocycles. The molecule has 0 unspecified atom stereocenters. The van der Waals surface area contributed by atoms with Crippen molar-refractivity contribution in [3.05, 3.63) is 58.2 Å². The minimum Gasteiger partial charge on any atom is -0.478 e. The summed E-state index contributed by atoms with van der Waals surface area (Å²) in [5.41, 5.74) is -1.08. The first-order chi connectivity index (χ1) is 9.49. The zero-order chi connectivity index (χ0) is 14.7. The zero-order valence-electron chi connectivity index (χ0n) is 9.82. The third-order valence-corrected chi connectivity index (χ3v) is 3.41. The first-order valence-corrected chi connectivity index (χ1v) is 6.10. The number of rotatable bonds is 4. The molecule has 1 N–H and O–H groups in total. The van der Waals surface area contributed by atoms with Crippen LogP contribution in [0.5, 0.6) is 0 Å². The van der Waals surface area contributed by atoms with E-state index in [4.69, 9.17) is 5.11 Å². The van der Waals surface area contributed by atoms with Crippen molar-refractivity contribution in [2.24, 2.45) is 0 Å². The summed E-state index contributed by atoms with van der Waals surface area (Å²) >= 11 is 0.971. The van der Waals surface area contributed by atoms with E-state index in [0.29, 0.717) is 11.0 Å². The summed E-state index contributed by atoms with van der Waals surface area (Å²) < 4.78 is 13.5. The van der Waals surface area contributed by atoms with Gasteiger partial charge in [0.05, 0.1) is 21.4 Å². The van der Waals surface area contributed by atoms with Gasteiger partial charge in [-0.25, -0.2) is 9.18 Å². The lowest BCUT2D eigenvalue weighted by Crippen LogP contribution is -2.03. The van der Waals surface area contributed by atoms with Gasteiger partial charge in [-0.05, 0) is 18.2 Å². The number of halogens is 1. The Morgan fingerprint density at radius 2 is 2.00 bits per heavy atom. The number of nitro groups is 1. The van der Waals surface area contributed by atoms with E-state index in [1.807, 2.05) is 0 Å². The molecule has 1 aromatic heterocycles. The lowest BCUT2D eigenvalue weighted by atomic mass is 10.2. The fourth-order valence-electron chi connectivity index (χ4n) is 1.46. The number of carboxylic acids is 1. The van der Waals surface area contributed by atoms with Gasteiger partial charge in [0.1, 0.15) is 5.82 Å². The van der Waals surface area contributed by atoms with Gasteiger partial charge >= 0.3 is 5.97 Å². The summed E-state index contributed by atoms with van der Waals surface area (Å²) in [4.78, 5) is 25.5. The molecule has 0 saturated heterocycles. The Morgan fingerprint density at radius 3 is 2.55 bits per heavy atom. The molecule has 2 aromatic rings. The average molecular weight is 294 g/mol. The molecule has 0 atom stereocenters. The Balaban J connectivity index is 2.51. The van der Waals surface area contributed by atoms with Gasteiger partial charge in [-0.15, -0.1) is 0 Å². The maximum Gasteiger partial charge on any atom is 0.338 e. The van der Waals surface area contributed by atoms with E-state index in [1.165, 1.54) is 12.4 Å². The highest BCUT2D eigenvalue weighted by Crippen LogP contribution is 2.36. The molecule has 1 aromatic carbocycles. The molecular weight excluding hydrogens is 287 g/mol. The molecular formula is C12H7FN2O4S. The lowest BCUT2D eigenvalue weighted by Gasteiger charge is -2.05. The van der Waals surface area contributed by atoms with E-state index < -0.39 is 28.0 Å². The second-order valence-corrected chi connectivity index (χ2v) is 4.76. The van der Waals surface area contributed by atoms with Gasteiger partial charge in [-0.3, -0.25) is 15.1 Å². The Morgan fingerprint density at radius 1 is 1.35 bits per heavy atom. The number of aromatic carboxylic acids is 1. The van der Waals surface area contributed by atoms with Crippen LogP contribution in [0.2, 0.25) is 0 Å². The number of pyridine rings is 1. The van der Waals surface area contributed by atoms with Crippen LogP contribution in [0.3, 0.4) is 0 Å². The minimum absolute atomic E-state index is 0.0556. The van der Waals surface area contributed by atoms with Crippen LogP contribution in [0.4, 0.5) is 10.1 Å². The summed E-state index contributed by atoms with van der Waals surface area (Å²) in [5, 5.41) is 19.8. The molecule has 0 spiro atoms. The number of carbonyl (C=O) groups is 1. The summed E-state index contributed by atoms with van der Waals surface area (Å²) in [6.45, 7) is 0. The van der Waals surface area contributed by atoms with Crippen LogP contribution in [-0.4, -0.2) is 21.0 Å². The third kappa shape index (κ3) is 2.91. The van der Waals surface area contributed by atoms with Crippen LogP contribution >= 0.6 is 11.8 Å². The van der Waals surface area contributed by atoms with E-state index in [0.717, 1.165) is 17.8 Å². The Labute approximate surface area is 116 Å². The minimum atomic E-state index is -1.48. The number of carboxylic acid groups (broad SMARTS) is 1. The van der Waals surface area contributed by atoms with E-state index in [1.54, 1.807) is 12.1 Å². The molecule has 0 saturated carbocycles. The Bertz CT molecular complexity index is 679. The van der Waals surface area contributed by atoms with Crippen molar-refractivity contribution < 1.29 is 19.2 Å². The van der Waals surface area contributed by atoms with Crippen LogP contribution in [0, 0.1) is 15.9 Å². The average Bonchev–Trinajstić information content (AvgIpc) is 2.41. The van der Waals surface area contributed by atoms with E-state index in [2.05, 4.69) is 4.98 Å². The van der Waals surface area contributed by atoms with E-state index >= 15 is 0 Å². The van der Waals surface area contributed by atoms with Gasteiger partial charge in [-0.2, -0.15) is 0 Å². The van der Waals surface area contributed by atoms with Crippen LogP contribution < -0.4 is 0 Å². The smallest absolute Gasteiger partial charge is 0.338 e. The number of benzene rings is 1. The van der Waals surface area contributed by atoms with Crippen molar-refractivity contribution in [2.45, 2.75) is 9.79 Å². The fraction of sp³-hybridized carbons (Fsp3) is 0. The van der Waals surface area contributed by atoms with Gasteiger partial charge < -0.3 is 5.11 Å². The quantitative estimate of drug-likeness (QED) is 0.688. The monoisotopic (exact) mass is 294 g/mol. The van der Waals surface area contributed by atoms with E-state index in [-0.39, 0.29) is 4.90 Å². The molecule has 0 radical (unpaired) electrons. The normalized spacial score (nSPS) is 10.2. The molecule has 0 aliphatic rings. The lowest BCUT2D eigenvalue weighted by molar-refractivity contribution is -0.387. The highest BCUT2D eigenvalue weighted by atomic mass is 32.2. The highest BCUT2D eigenvalue weighted by Gasteiger charge is 2.22. The van der Waals surface area contributed by atoms with Crippen molar-refractivity contribution in [1.29, 1.82) is 0 Å². The Hall–Kier alpha value is -2.48. The standard InChI is InChI=1S/C12H7FN2O4S/c13-9-6-10(15(18)19)11(5-8(9)12(16)17)20-7-1-3-14-4-2-7/h1-6H,(H,16,17). The van der Waals surface area contributed by atoms with Gasteiger partial charge in [0.15, 0.2) is 0 Å². The molecule has 8 heteroatoms. The molecule has 102 valence electrons. The van der Waals surface area contributed by atoms with Crippen molar-refractivity contribution in [3.8, 4) is 0 Å². The van der Waals surface area contributed by atoms with Crippen LogP contribution in [0.1, 0.15) is 10.4 Å². The molecule has 0 aliphatic heterocycles. The summed E-state index contributed by atoms with van der Waals surface area (Å²) in [5.74, 6) is -2.61. The van der Waals surface area contributed by atoms with E-state index in [9.17, 15) is 19.3 Å². The predicted molar refractivity (Wildman–Crippen MR) is 68.4 cm³/mol. The summed E-state index contributed by atoms with van der Waals surface area (Å²) in [7, 11) is 0. The third-order valence-electron chi connectivity index (χ3n) is 2.35. The first kappa shape index (κ1) is 13.9.